The fraction of sp³-hybridized carbons (Fsp3) is 0.522. The van der Waals surface area contributed by atoms with Crippen LogP contribution >= 0.6 is 0 Å². The number of carbonyl (C=O) groups is 2. The minimum atomic E-state index is -3.87. The van der Waals surface area contributed by atoms with Crippen molar-refractivity contribution in [1.29, 1.82) is 0 Å². The number of carbonyl (C=O) groups excluding carboxylic acids is 1. The molecule has 3 atom stereocenters. The molecule has 0 radical (unpaired) electrons. The fourth-order valence-electron chi connectivity index (χ4n) is 10.3. The Morgan fingerprint density at radius 1 is 0.900 bits per heavy atom. The standard InChI is InChI=1S/C46H62FN7O5S/c1-5-44(55)48-42-28-39(17-18-43(42)51(4)26-25-50(2)3)60(58,59)38-15-13-37(14-16-38)54-30-33(31-54)29-52-23-19-34(20-24-52)46(32-53-21-8-22-53,35-9-6-10-36(47)27-35)40-11-7-12-41(40)49-45(56)57/h5-6,9-10,13-18,27-28,33-34,40-41,49H,1,7-8,11-12,19-26,29-32H2,2-4H3,(H,48,55)(H,56,57)/t40-,41-,46-/m0/s1. The molecular formula is C46H62FN7O5S. The van der Waals surface area contributed by atoms with Gasteiger partial charge in [0.25, 0.3) is 0 Å². The second kappa shape index (κ2) is 18.6. The van der Waals surface area contributed by atoms with Crippen LogP contribution in [0.15, 0.2) is 89.2 Å². The Morgan fingerprint density at radius 3 is 2.25 bits per heavy atom. The molecule has 14 heteroatoms. The number of carboxylic acid groups (broad SMARTS) is 1. The molecule has 1 saturated carbocycles. The average molecular weight is 844 g/mol. The maximum absolute atomic E-state index is 15.0. The summed E-state index contributed by atoms with van der Waals surface area (Å²) in [6.45, 7) is 12.5. The fourth-order valence-corrected chi connectivity index (χ4v) is 11.6. The topological polar surface area (TPSA) is 129 Å². The lowest BCUT2D eigenvalue weighted by atomic mass is 9.57. The maximum atomic E-state index is 15.0. The summed E-state index contributed by atoms with van der Waals surface area (Å²) in [6, 6.07) is 18.9. The number of amides is 2. The third kappa shape index (κ3) is 9.51. The first-order valence-electron chi connectivity index (χ1n) is 21.5. The van der Waals surface area contributed by atoms with Crippen LogP contribution in [0.3, 0.4) is 0 Å². The molecule has 7 rings (SSSR count). The number of halogens is 1. The summed E-state index contributed by atoms with van der Waals surface area (Å²) >= 11 is 0. The number of hydrogen-bond acceptors (Lipinski definition) is 9. The number of likely N-dealkylation sites (N-methyl/N-ethyl adjacent to an activating group) is 2. The lowest BCUT2D eigenvalue weighted by molar-refractivity contribution is -0.111. The molecule has 60 heavy (non-hydrogen) atoms. The van der Waals surface area contributed by atoms with Gasteiger partial charge in [0.05, 0.1) is 21.2 Å². The average Bonchev–Trinajstić information content (AvgIpc) is 3.66. The molecule has 0 unspecified atom stereocenters. The number of nitrogens with one attached hydrogen (secondary N) is 2. The predicted molar refractivity (Wildman–Crippen MR) is 235 cm³/mol. The molecule has 3 heterocycles. The quantitative estimate of drug-likeness (QED) is 0.139. The summed E-state index contributed by atoms with van der Waals surface area (Å²) in [7, 11) is 2.00. The molecule has 0 spiro atoms. The smallest absolute Gasteiger partial charge is 0.404 e. The monoisotopic (exact) mass is 843 g/mol. The van der Waals surface area contributed by atoms with Crippen LogP contribution in [-0.2, 0) is 20.0 Å². The van der Waals surface area contributed by atoms with Crippen LogP contribution < -0.4 is 20.4 Å². The van der Waals surface area contributed by atoms with E-state index in [2.05, 4.69) is 42.9 Å². The highest BCUT2D eigenvalue weighted by atomic mass is 32.2. The van der Waals surface area contributed by atoms with E-state index < -0.39 is 21.8 Å². The zero-order valence-corrected chi connectivity index (χ0v) is 36.2. The van der Waals surface area contributed by atoms with Crippen LogP contribution in [-0.4, -0.2) is 133 Å². The second-order valence-electron chi connectivity index (χ2n) is 17.7. The van der Waals surface area contributed by atoms with Gasteiger partial charge in [-0.25, -0.2) is 17.6 Å². The number of anilines is 3. The first kappa shape index (κ1) is 43.6. The maximum Gasteiger partial charge on any atom is 0.404 e. The highest BCUT2D eigenvalue weighted by Gasteiger charge is 2.53. The van der Waals surface area contributed by atoms with Gasteiger partial charge in [0, 0.05) is 69.4 Å². The number of rotatable bonds is 17. The molecule has 3 saturated heterocycles. The van der Waals surface area contributed by atoms with Crippen molar-refractivity contribution in [2.24, 2.45) is 17.8 Å². The summed E-state index contributed by atoms with van der Waals surface area (Å²) < 4.78 is 42.7. The van der Waals surface area contributed by atoms with Gasteiger partial charge in [-0.15, -0.1) is 0 Å². The molecule has 3 aliphatic heterocycles. The van der Waals surface area contributed by atoms with Crippen LogP contribution in [0.1, 0.15) is 44.1 Å². The largest absolute Gasteiger partial charge is 0.465 e. The zero-order valence-electron chi connectivity index (χ0n) is 35.4. The minimum Gasteiger partial charge on any atom is -0.465 e. The van der Waals surface area contributed by atoms with Gasteiger partial charge in [-0.2, -0.15) is 0 Å². The van der Waals surface area contributed by atoms with Crippen molar-refractivity contribution < 1.29 is 27.5 Å². The van der Waals surface area contributed by atoms with E-state index in [0.29, 0.717) is 29.8 Å². The van der Waals surface area contributed by atoms with E-state index in [4.69, 9.17) is 0 Å². The van der Waals surface area contributed by atoms with Crippen LogP contribution in [0.4, 0.5) is 26.2 Å². The van der Waals surface area contributed by atoms with Gasteiger partial charge in [-0.3, -0.25) is 4.79 Å². The summed E-state index contributed by atoms with van der Waals surface area (Å²) in [6.07, 6.45) is 5.99. The van der Waals surface area contributed by atoms with Gasteiger partial charge < -0.3 is 40.2 Å². The molecule has 0 aromatic heterocycles. The molecule has 4 aliphatic rings. The van der Waals surface area contributed by atoms with Gasteiger partial charge >= 0.3 is 6.09 Å². The Bertz CT molecular complexity index is 2100. The summed E-state index contributed by atoms with van der Waals surface area (Å²) in [4.78, 5) is 35.9. The highest BCUT2D eigenvalue weighted by molar-refractivity contribution is 7.91. The first-order valence-corrected chi connectivity index (χ1v) is 23.0. The molecule has 2 amide bonds. The molecule has 324 valence electrons. The van der Waals surface area contributed by atoms with Crippen LogP contribution in [0.2, 0.25) is 0 Å². The Hall–Kier alpha value is -4.50. The molecule has 1 aliphatic carbocycles. The molecule has 0 bridgehead atoms. The zero-order chi connectivity index (χ0) is 42.6. The van der Waals surface area contributed by atoms with Crippen molar-refractivity contribution in [1.82, 2.24) is 20.0 Å². The van der Waals surface area contributed by atoms with E-state index in [1.54, 1.807) is 30.3 Å². The molecule has 3 aromatic rings. The number of sulfone groups is 1. The van der Waals surface area contributed by atoms with Crippen molar-refractivity contribution in [3.8, 4) is 0 Å². The van der Waals surface area contributed by atoms with Crippen molar-refractivity contribution in [2.75, 3.05) is 102 Å². The molecular weight excluding hydrogens is 782 g/mol. The van der Waals surface area contributed by atoms with Crippen molar-refractivity contribution in [3.05, 3.63) is 90.8 Å². The number of piperidine rings is 1. The highest BCUT2D eigenvalue weighted by Crippen LogP contribution is 2.51. The minimum absolute atomic E-state index is 0.0980. The van der Waals surface area contributed by atoms with E-state index >= 15 is 0 Å². The lowest BCUT2D eigenvalue weighted by Gasteiger charge is -2.54. The van der Waals surface area contributed by atoms with Crippen molar-refractivity contribution in [3.63, 3.8) is 0 Å². The van der Waals surface area contributed by atoms with Crippen LogP contribution in [0.25, 0.3) is 0 Å². The number of nitrogens with zero attached hydrogens (tertiary/aromatic N) is 5. The van der Waals surface area contributed by atoms with Gasteiger partial charge in [0.15, 0.2) is 0 Å². The summed E-state index contributed by atoms with van der Waals surface area (Å²) in [5.74, 6) is 0.228. The van der Waals surface area contributed by atoms with E-state index in [-0.39, 0.29) is 33.0 Å². The summed E-state index contributed by atoms with van der Waals surface area (Å²) in [5, 5.41) is 15.5. The normalized spacial score (nSPS) is 21.5. The first-order chi connectivity index (χ1) is 28.8. The van der Waals surface area contributed by atoms with Crippen LogP contribution in [0, 0.1) is 23.6 Å². The van der Waals surface area contributed by atoms with E-state index in [1.807, 2.05) is 44.2 Å². The molecule has 3 aromatic carbocycles. The number of benzene rings is 3. The Balaban J connectivity index is 0.986. The number of hydrogen-bond donors (Lipinski definition) is 3. The van der Waals surface area contributed by atoms with E-state index in [0.717, 1.165) is 109 Å². The molecule has 3 N–H and O–H groups in total. The van der Waals surface area contributed by atoms with Gasteiger partial charge in [-0.1, -0.05) is 25.1 Å². The second-order valence-corrected chi connectivity index (χ2v) is 19.7. The summed E-state index contributed by atoms with van der Waals surface area (Å²) in [5.41, 5.74) is 2.77. The van der Waals surface area contributed by atoms with Crippen molar-refractivity contribution in [2.45, 2.75) is 59.8 Å². The van der Waals surface area contributed by atoms with E-state index in [1.165, 1.54) is 18.2 Å². The predicted octanol–water partition coefficient (Wildman–Crippen LogP) is 6.01. The SMILES string of the molecule is C=CC(=O)Nc1cc(S(=O)(=O)c2ccc(N3CC(CN4CCC([C@@](CN5CCC5)(c5cccc(F)c5)[C@H]5CCC[C@@H]5NC(=O)O)CC4)C3)cc2)ccc1N(C)CCN(C)C. The van der Waals surface area contributed by atoms with Gasteiger partial charge in [0.1, 0.15) is 5.82 Å². The van der Waals surface area contributed by atoms with Crippen molar-refractivity contribution >= 4 is 38.9 Å². The lowest BCUT2D eigenvalue weighted by Crippen LogP contribution is -2.60. The van der Waals surface area contributed by atoms with Gasteiger partial charge in [0.2, 0.25) is 15.7 Å². The Labute approximate surface area is 355 Å². The molecule has 12 nitrogen and oxygen atoms in total. The third-order valence-electron chi connectivity index (χ3n) is 13.6. The van der Waals surface area contributed by atoms with Gasteiger partial charge in [-0.05, 0) is 150 Å². The Kier molecular flexibility index (Phi) is 13.5. The third-order valence-corrected chi connectivity index (χ3v) is 15.4. The van der Waals surface area contributed by atoms with E-state index in [9.17, 15) is 27.5 Å². The number of likely N-dealkylation sites (tertiary alicyclic amines) is 2. The van der Waals surface area contributed by atoms with Crippen LogP contribution in [0.5, 0.6) is 0 Å². The molecule has 4 fully saturated rings. The Morgan fingerprint density at radius 2 is 1.62 bits per heavy atom.